The first-order valence-corrected chi connectivity index (χ1v) is 13.8. The minimum absolute atomic E-state index is 0.0625. The van der Waals surface area contributed by atoms with Gasteiger partial charge in [-0.3, -0.25) is 9.52 Å². The zero-order chi connectivity index (χ0) is 24.1. The van der Waals surface area contributed by atoms with E-state index in [1.54, 1.807) is 12.1 Å². The van der Waals surface area contributed by atoms with Gasteiger partial charge in [0.25, 0.3) is 15.3 Å². The lowest BCUT2D eigenvalue weighted by Gasteiger charge is -2.11. The molecule has 0 radical (unpaired) electrons. The maximum atomic E-state index is 12.7. The number of carbonyl (C=O) groups is 1. The quantitative estimate of drug-likeness (QED) is 0.183. The first kappa shape index (κ1) is 27.5. The third kappa shape index (κ3) is 9.95. The smallest absolute Gasteiger partial charge is 0.261 e. The maximum absolute atomic E-state index is 12.7. The lowest BCUT2D eigenvalue weighted by atomic mass is 10.1. The number of unbranched alkanes of at least 4 members (excludes halogenated alkanes) is 9. The predicted octanol–water partition coefficient (Wildman–Crippen LogP) is 7.82. The maximum Gasteiger partial charge on any atom is 0.261 e. The summed E-state index contributed by atoms with van der Waals surface area (Å²) in [5.41, 5.74) is 0.235. The summed E-state index contributed by atoms with van der Waals surface area (Å²) < 4.78 is 33.5. The lowest BCUT2D eigenvalue weighted by Crippen LogP contribution is -2.13. The fourth-order valence-electron chi connectivity index (χ4n) is 3.42. The van der Waals surface area contributed by atoms with Crippen molar-refractivity contribution in [2.24, 2.45) is 0 Å². The van der Waals surface area contributed by atoms with Crippen LogP contribution < -0.4 is 9.46 Å². The highest BCUT2D eigenvalue weighted by Crippen LogP contribution is 2.27. The Hall–Kier alpha value is -1.76. The fourth-order valence-corrected chi connectivity index (χ4v) is 4.83. The van der Waals surface area contributed by atoms with E-state index in [9.17, 15) is 13.2 Å². The molecule has 0 aromatic heterocycles. The Balaban J connectivity index is 1.75. The van der Waals surface area contributed by atoms with Crippen molar-refractivity contribution in [2.45, 2.75) is 76.0 Å². The number of hydrogen-bond acceptors (Lipinski definition) is 4. The molecule has 33 heavy (non-hydrogen) atoms. The molecule has 0 atom stereocenters. The standard InChI is InChI=1S/C25H33Cl2NO4S/c1-2-3-4-5-6-7-8-9-10-11-18-32-21-13-15-22(16-14-21)33(30,31)28-24-19-20(25(27)29)12-17-23(24)26/h12-17,19,28H,2-11,18H2,1H3. The molecule has 182 valence electrons. The minimum atomic E-state index is -3.89. The van der Waals surface area contributed by atoms with E-state index in [2.05, 4.69) is 11.6 Å². The number of anilines is 1. The Morgan fingerprint density at radius 3 is 2.03 bits per heavy atom. The van der Waals surface area contributed by atoms with Gasteiger partial charge in [-0.15, -0.1) is 0 Å². The van der Waals surface area contributed by atoms with Crippen LogP contribution in [0.5, 0.6) is 5.75 Å². The Bertz CT molecular complexity index is 978. The molecule has 0 bridgehead atoms. The Morgan fingerprint density at radius 2 is 1.45 bits per heavy atom. The SMILES string of the molecule is CCCCCCCCCCCCOc1ccc(S(=O)(=O)Nc2cc(C(=O)Cl)ccc2Cl)cc1. The number of hydrogen-bond donors (Lipinski definition) is 1. The van der Waals surface area contributed by atoms with Gasteiger partial charge in [0.05, 0.1) is 22.2 Å². The van der Waals surface area contributed by atoms with Crippen molar-refractivity contribution < 1.29 is 17.9 Å². The van der Waals surface area contributed by atoms with E-state index in [0.717, 1.165) is 12.8 Å². The van der Waals surface area contributed by atoms with Crippen molar-refractivity contribution in [3.63, 3.8) is 0 Å². The van der Waals surface area contributed by atoms with Gasteiger partial charge in [-0.1, -0.05) is 76.3 Å². The summed E-state index contributed by atoms with van der Waals surface area (Å²) in [6.07, 6.45) is 12.6. The summed E-state index contributed by atoms with van der Waals surface area (Å²) in [7, 11) is -3.89. The number of halogens is 2. The van der Waals surface area contributed by atoms with Gasteiger partial charge < -0.3 is 4.74 Å². The molecule has 0 amide bonds. The van der Waals surface area contributed by atoms with Crippen LogP contribution in [-0.2, 0) is 10.0 Å². The molecule has 1 N–H and O–H groups in total. The highest BCUT2D eigenvalue weighted by atomic mass is 35.5. The molecule has 0 aliphatic heterocycles. The Kier molecular flexibility index (Phi) is 12.1. The molecule has 0 heterocycles. The van der Waals surface area contributed by atoms with Crippen molar-refractivity contribution in [3.05, 3.63) is 53.1 Å². The first-order valence-electron chi connectivity index (χ1n) is 11.6. The largest absolute Gasteiger partial charge is 0.494 e. The van der Waals surface area contributed by atoms with Gasteiger partial charge in [-0.2, -0.15) is 0 Å². The summed E-state index contributed by atoms with van der Waals surface area (Å²) >= 11 is 11.5. The molecule has 0 aliphatic rings. The fraction of sp³-hybridized carbons (Fsp3) is 0.480. The van der Waals surface area contributed by atoms with Crippen LogP contribution in [-0.4, -0.2) is 20.3 Å². The molecule has 2 aromatic carbocycles. The van der Waals surface area contributed by atoms with Gasteiger partial charge >= 0.3 is 0 Å². The average Bonchev–Trinajstić information content (AvgIpc) is 2.79. The van der Waals surface area contributed by atoms with E-state index in [1.807, 2.05) is 0 Å². The van der Waals surface area contributed by atoms with E-state index in [1.165, 1.54) is 81.7 Å². The van der Waals surface area contributed by atoms with Crippen LogP contribution >= 0.6 is 23.2 Å². The topological polar surface area (TPSA) is 72.5 Å². The van der Waals surface area contributed by atoms with E-state index >= 15 is 0 Å². The summed E-state index contributed by atoms with van der Waals surface area (Å²) in [5, 5.41) is -0.535. The van der Waals surface area contributed by atoms with E-state index in [-0.39, 0.29) is 21.2 Å². The van der Waals surface area contributed by atoms with Crippen molar-refractivity contribution >= 4 is 44.2 Å². The number of sulfonamides is 1. The number of rotatable bonds is 16. The van der Waals surface area contributed by atoms with Gasteiger partial charge in [-0.05, 0) is 60.5 Å². The van der Waals surface area contributed by atoms with Gasteiger partial charge in [0, 0.05) is 5.56 Å². The zero-order valence-corrected chi connectivity index (χ0v) is 21.4. The van der Waals surface area contributed by atoms with Crippen LogP contribution in [0.15, 0.2) is 47.4 Å². The molecular weight excluding hydrogens is 481 g/mol. The van der Waals surface area contributed by atoms with Gasteiger partial charge in [0.15, 0.2) is 0 Å². The van der Waals surface area contributed by atoms with Gasteiger partial charge in [0.2, 0.25) is 0 Å². The first-order chi connectivity index (χ1) is 15.8. The Morgan fingerprint density at radius 1 is 0.879 bits per heavy atom. The van der Waals surface area contributed by atoms with Crippen LogP contribution in [0.3, 0.4) is 0 Å². The molecular formula is C25H33Cl2NO4S. The molecule has 2 aromatic rings. The Labute approximate surface area is 207 Å². The van der Waals surface area contributed by atoms with Gasteiger partial charge in [-0.25, -0.2) is 8.42 Å². The summed E-state index contributed by atoms with van der Waals surface area (Å²) in [6.45, 7) is 2.84. The second-order valence-electron chi connectivity index (χ2n) is 8.08. The van der Waals surface area contributed by atoms with Crippen molar-refractivity contribution in [2.75, 3.05) is 11.3 Å². The number of ether oxygens (including phenoxy) is 1. The molecule has 0 saturated carbocycles. The second-order valence-corrected chi connectivity index (χ2v) is 10.5. The summed E-state index contributed by atoms with van der Waals surface area (Å²) in [4.78, 5) is 11.4. The predicted molar refractivity (Wildman–Crippen MR) is 136 cm³/mol. The summed E-state index contributed by atoms with van der Waals surface area (Å²) in [5.74, 6) is 0.623. The molecule has 8 heteroatoms. The monoisotopic (exact) mass is 513 g/mol. The average molecular weight is 515 g/mol. The minimum Gasteiger partial charge on any atom is -0.494 e. The third-order valence-electron chi connectivity index (χ3n) is 5.34. The number of carbonyl (C=O) groups excluding carboxylic acids is 1. The van der Waals surface area contributed by atoms with Crippen LogP contribution in [0.25, 0.3) is 0 Å². The molecule has 0 fully saturated rings. The molecule has 2 rings (SSSR count). The van der Waals surface area contributed by atoms with Crippen molar-refractivity contribution in [1.82, 2.24) is 0 Å². The number of nitrogens with one attached hydrogen (secondary N) is 1. The van der Waals surface area contributed by atoms with Crippen LogP contribution in [0.4, 0.5) is 5.69 Å². The molecule has 0 saturated heterocycles. The van der Waals surface area contributed by atoms with E-state index < -0.39 is 15.3 Å². The van der Waals surface area contributed by atoms with Crippen LogP contribution in [0.1, 0.15) is 81.5 Å². The third-order valence-corrected chi connectivity index (χ3v) is 7.27. The van der Waals surface area contributed by atoms with Crippen LogP contribution in [0, 0.1) is 0 Å². The molecule has 0 unspecified atom stereocenters. The second kappa shape index (κ2) is 14.5. The van der Waals surface area contributed by atoms with Crippen molar-refractivity contribution in [3.8, 4) is 5.75 Å². The molecule has 0 spiro atoms. The van der Waals surface area contributed by atoms with E-state index in [4.69, 9.17) is 27.9 Å². The van der Waals surface area contributed by atoms with Crippen LogP contribution in [0.2, 0.25) is 5.02 Å². The number of benzene rings is 2. The zero-order valence-electron chi connectivity index (χ0n) is 19.1. The van der Waals surface area contributed by atoms with Crippen molar-refractivity contribution in [1.29, 1.82) is 0 Å². The summed E-state index contributed by atoms with van der Waals surface area (Å²) in [6, 6.07) is 10.4. The van der Waals surface area contributed by atoms with Gasteiger partial charge in [0.1, 0.15) is 5.75 Å². The lowest BCUT2D eigenvalue weighted by molar-refractivity contribution is 0.108. The molecule has 0 aliphatic carbocycles. The molecule has 5 nitrogen and oxygen atoms in total. The highest BCUT2D eigenvalue weighted by molar-refractivity contribution is 7.92. The normalized spacial score (nSPS) is 11.4. The van der Waals surface area contributed by atoms with E-state index in [0.29, 0.717) is 12.4 Å². The highest BCUT2D eigenvalue weighted by Gasteiger charge is 2.17.